The second-order valence-electron chi connectivity index (χ2n) is 8.63. The molecule has 5 nitrogen and oxygen atoms in total. The lowest BCUT2D eigenvalue weighted by Gasteiger charge is -2.23. The van der Waals surface area contributed by atoms with E-state index in [0.717, 1.165) is 27.8 Å². The summed E-state index contributed by atoms with van der Waals surface area (Å²) in [7, 11) is 1.66. The molecule has 0 spiro atoms. The molecule has 0 fully saturated rings. The van der Waals surface area contributed by atoms with E-state index in [-0.39, 0.29) is 11.5 Å². The third-order valence-corrected chi connectivity index (χ3v) is 6.58. The van der Waals surface area contributed by atoms with Gasteiger partial charge in [-0.1, -0.05) is 59.2 Å². The molecule has 0 saturated heterocycles. The summed E-state index contributed by atoms with van der Waals surface area (Å²) in [5.74, 6) is -0.109. The Hall–Kier alpha value is -4.01. The Morgan fingerprint density at radius 2 is 1.57 bits per heavy atom. The minimum atomic E-state index is -0.625. The molecule has 35 heavy (non-hydrogen) atoms. The van der Waals surface area contributed by atoms with Crippen LogP contribution in [-0.4, -0.2) is 4.57 Å². The normalized spacial score (nSPS) is 12.5. The smallest absolute Gasteiger partial charge is 0.250 e. The third kappa shape index (κ3) is 5.40. The van der Waals surface area contributed by atoms with E-state index >= 15 is 0 Å². The first-order valence-corrected chi connectivity index (χ1v) is 11.6. The first kappa shape index (κ1) is 24.1. The number of rotatable bonds is 7. The van der Waals surface area contributed by atoms with Crippen molar-refractivity contribution < 1.29 is 0 Å². The summed E-state index contributed by atoms with van der Waals surface area (Å²) in [6, 6.07) is 26.1. The topological polar surface area (TPSA) is 75.2 Å². The minimum Gasteiger partial charge on any atom is -0.318 e. The standard InChI is InChI=1S/C29H24ClN3O2/c1-19-15-25(30)12-13-26(19)27(16-28(32-35)24-11-14-29(34)33(2)18-24)23-9-7-22(8-10-23)21-5-3-20(17-31)4-6-21/h3-15,18,27-28H,16H2,1-2H3. The van der Waals surface area contributed by atoms with Gasteiger partial charge in [0.1, 0.15) is 6.04 Å². The van der Waals surface area contributed by atoms with Crippen LogP contribution in [0.3, 0.4) is 0 Å². The van der Waals surface area contributed by atoms with Crippen molar-refractivity contribution >= 4 is 11.6 Å². The fourth-order valence-electron chi connectivity index (χ4n) is 4.39. The molecular formula is C29H24ClN3O2. The van der Waals surface area contributed by atoms with Gasteiger partial charge >= 0.3 is 0 Å². The van der Waals surface area contributed by atoms with Crippen LogP contribution in [0, 0.1) is 23.2 Å². The molecule has 0 bridgehead atoms. The van der Waals surface area contributed by atoms with Gasteiger partial charge < -0.3 is 4.57 Å². The summed E-state index contributed by atoms with van der Waals surface area (Å²) >= 11 is 6.22. The molecular weight excluding hydrogens is 458 g/mol. The highest BCUT2D eigenvalue weighted by Gasteiger charge is 2.24. The van der Waals surface area contributed by atoms with Crippen molar-refractivity contribution in [2.45, 2.75) is 25.3 Å². The molecule has 2 unspecified atom stereocenters. The lowest BCUT2D eigenvalue weighted by molar-refractivity contribution is 0.587. The van der Waals surface area contributed by atoms with Crippen LogP contribution in [0.2, 0.25) is 5.02 Å². The SMILES string of the molecule is Cc1cc(Cl)ccc1C(CC(N=O)c1ccc(=O)n(C)c1)c1ccc(-c2ccc(C#N)cc2)cc1. The van der Waals surface area contributed by atoms with E-state index in [9.17, 15) is 9.70 Å². The molecule has 2 atom stereocenters. The summed E-state index contributed by atoms with van der Waals surface area (Å²) in [5.41, 5.74) is 6.39. The van der Waals surface area contributed by atoms with Crippen LogP contribution < -0.4 is 5.56 Å². The molecule has 0 aliphatic rings. The summed E-state index contributed by atoms with van der Waals surface area (Å²) in [4.78, 5) is 23.8. The maximum atomic E-state index is 11.9. The highest BCUT2D eigenvalue weighted by molar-refractivity contribution is 6.30. The molecule has 1 heterocycles. The monoisotopic (exact) mass is 481 g/mol. The van der Waals surface area contributed by atoms with E-state index in [1.807, 2.05) is 49.4 Å². The molecule has 0 amide bonds. The highest BCUT2D eigenvalue weighted by Crippen LogP contribution is 2.38. The molecule has 1 aromatic heterocycles. The maximum Gasteiger partial charge on any atom is 0.250 e. The van der Waals surface area contributed by atoms with E-state index in [4.69, 9.17) is 16.9 Å². The molecule has 4 aromatic rings. The van der Waals surface area contributed by atoms with Gasteiger partial charge in [-0.2, -0.15) is 10.2 Å². The van der Waals surface area contributed by atoms with Crippen LogP contribution in [-0.2, 0) is 7.05 Å². The van der Waals surface area contributed by atoms with E-state index in [0.29, 0.717) is 22.6 Å². The third-order valence-electron chi connectivity index (χ3n) is 6.35. The Bertz CT molecular complexity index is 1450. The Kier molecular flexibility index (Phi) is 7.24. The van der Waals surface area contributed by atoms with Crippen molar-refractivity contribution in [2.75, 3.05) is 0 Å². The predicted molar refractivity (Wildman–Crippen MR) is 139 cm³/mol. The number of benzene rings is 3. The number of pyridine rings is 1. The van der Waals surface area contributed by atoms with Gasteiger partial charge in [-0.25, -0.2) is 0 Å². The first-order chi connectivity index (χ1) is 16.9. The Labute approximate surface area is 209 Å². The van der Waals surface area contributed by atoms with Crippen LogP contribution in [0.1, 0.15) is 46.2 Å². The molecule has 0 aliphatic carbocycles. The van der Waals surface area contributed by atoms with Crippen molar-refractivity contribution in [1.82, 2.24) is 4.57 Å². The average molecular weight is 482 g/mol. The van der Waals surface area contributed by atoms with Crippen LogP contribution in [0.25, 0.3) is 11.1 Å². The number of hydrogen-bond donors (Lipinski definition) is 0. The van der Waals surface area contributed by atoms with E-state index < -0.39 is 6.04 Å². The second kappa shape index (κ2) is 10.5. The molecule has 174 valence electrons. The lowest BCUT2D eigenvalue weighted by Crippen LogP contribution is -2.16. The van der Waals surface area contributed by atoms with Crippen LogP contribution in [0.5, 0.6) is 0 Å². The van der Waals surface area contributed by atoms with Gasteiger partial charge in [0.2, 0.25) is 5.56 Å². The zero-order valence-electron chi connectivity index (χ0n) is 19.5. The Morgan fingerprint density at radius 1 is 0.943 bits per heavy atom. The summed E-state index contributed by atoms with van der Waals surface area (Å²) in [6.45, 7) is 2.01. The molecule has 3 aromatic carbocycles. The van der Waals surface area contributed by atoms with Crippen molar-refractivity contribution in [3.05, 3.63) is 133 Å². The Balaban J connectivity index is 1.72. The zero-order chi connectivity index (χ0) is 24.9. The summed E-state index contributed by atoms with van der Waals surface area (Å²) < 4.78 is 1.46. The van der Waals surface area contributed by atoms with E-state index in [1.54, 1.807) is 31.4 Å². The second-order valence-corrected chi connectivity index (χ2v) is 9.07. The number of nitroso groups, excluding NO2 is 1. The lowest BCUT2D eigenvalue weighted by atomic mass is 9.82. The Morgan fingerprint density at radius 3 is 2.14 bits per heavy atom. The van der Waals surface area contributed by atoms with Crippen molar-refractivity contribution in [3.63, 3.8) is 0 Å². The quantitative estimate of drug-likeness (QED) is 0.269. The predicted octanol–water partition coefficient (Wildman–Crippen LogP) is 6.92. The number of hydrogen-bond acceptors (Lipinski definition) is 4. The van der Waals surface area contributed by atoms with Gasteiger partial charge in [-0.05, 0) is 77.1 Å². The van der Waals surface area contributed by atoms with Gasteiger partial charge in [0.15, 0.2) is 0 Å². The fraction of sp³-hybridized carbons (Fsp3) is 0.172. The minimum absolute atomic E-state index is 0.109. The van der Waals surface area contributed by atoms with Gasteiger partial charge in [-0.3, -0.25) is 4.79 Å². The van der Waals surface area contributed by atoms with Crippen molar-refractivity contribution in [3.8, 4) is 17.2 Å². The maximum absolute atomic E-state index is 11.9. The first-order valence-electron chi connectivity index (χ1n) is 11.2. The molecule has 0 N–H and O–H groups in total. The van der Waals surface area contributed by atoms with Gasteiger partial charge in [0, 0.05) is 30.3 Å². The molecule has 0 radical (unpaired) electrons. The van der Waals surface area contributed by atoms with Crippen molar-refractivity contribution in [2.24, 2.45) is 12.2 Å². The average Bonchev–Trinajstić information content (AvgIpc) is 2.87. The highest BCUT2D eigenvalue weighted by atomic mass is 35.5. The van der Waals surface area contributed by atoms with E-state index in [2.05, 4.69) is 23.4 Å². The molecule has 4 rings (SSSR count). The molecule has 6 heteroatoms. The van der Waals surface area contributed by atoms with Crippen LogP contribution in [0.15, 0.2) is 95.0 Å². The molecule has 0 saturated carbocycles. The summed E-state index contributed by atoms with van der Waals surface area (Å²) in [6.07, 6.45) is 2.12. The van der Waals surface area contributed by atoms with Crippen LogP contribution >= 0.6 is 11.6 Å². The van der Waals surface area contributed by atoms with Crippen LogP contribution in [0.4, 0.5) is 0 Å². The number of nitriles is 1. The zero-order valence-corrected chi connectivity index (χ0v) is 20.2. The number of aromatic nitrogens is 1. The number of halogens is 1. The number of aryl methyl sites for hydroxylation is 2. The van der Waals surface area contributed by atoms with Gasteiger partial charge in [-0.15, -0.1) is 0 Å². The molecule has 0 aliphatic heterocycles. The van der Waals surface area contributed by atoms with E-state index in [1.165, 1.54) is 10.6 Å². The van der Waals surface area contributed by atoms with Gasteiger partial charge in [0.05, 0.1) is 11.6 Å². The largest absolute Gasteiger partial charge is 0.318 e. The van der Waals surface area contributed by atoms with Gasteiger partial charge in [0.25, 0.3) is 0 Å². The van der Waals surface area contributed by atoms with Crippen molar-refractivity contribution in [1.29, 1.82) is 5.26 Å². The number of nitrogens with zero attached hydrogens (tertiary/aromatic N) is 3. The fourth-order valence-corrected chi connectivity index (χ4v) is 4.62. The summed E-state index contributed by atoms with van der Waals surface area (Å²) in [5, 5.41) is 13.1.